The fourth-order valence-corrected chi connectivity index (χ4v) is 5.44. The van der Waals surface area contributed by atoms with Gasteiger partial charge in [-0.3, -0.25) is 4.79 Å². The van der Waals surface area contributed by atoms with Gasteiger partial charge in [-0.2, -0.15) is 4.31 Å². The number of nitrogens with zero attached hydrogens (tertiary/aromatic N) is 2. The number of rotatable bonds is 4. The van der Waals surface area contributed by atoms with E-state index in [2.05, 4.69) is 0 Å². The highest BCUT2D eigenvalue weighted by atomic mass is 32.2. The van der Waals surface area contributed by atoms with Crippen molar-refractivity contribution in [2.24, 2.45) is 11.7 Å². The topological polar surface area (TPSA) is 83.7 Å². The molecule has 144 valence electrons. The van der Waals surface area contributed by atoms with Crippen LogP contribution in [0.3, 0.4) is 0 Å². The van der Waals surface area contributed by atoms with Crippen molar-refractivity contribution >= 4 is 15.9 Å². The van der Waals surface area contributed by atoms with Gasteiger partial charge >= 0.3 is 0 Å². The third-order valence-electron chi connectivity index (χ3n) is 5.44. The van der Waals surface area contributed by atoms with E-state index in [0.29, 0.717) is 19.4 Å². The van der Waals surface area contributed by atoms with E-state index in [1.54, 1.807) is 0 Å². The summed E-state index contributed by atoms with van der Waals surface area (Å²) >= 11 is 0. The Morgan fingerprint density at radius 2 is 1.81 bits per heavy atom. The van der Waals surface area contributed by atoms with Crippen molar-refractivity contribution in [3.05, 3.63) is 30.1 Å². The highest BCUT2D eigenvalue weighted by molar-refractivity contribution is 7.89. The van der Waals surface area contributed by atoms with Crippen molar-refractivity contribution in [1.82, 2.24) is 9.21 Å². The highest BCUT2D eigenvalue weighted by Gasteiger charge is 2.36. The molecule has 1 unspecified atom stereocenters. The maximum absolute atomic E-state index is 13.9. The lowest BCUT2D eigenvalue weighted by atomic mass is 9.93. The first-order valence-corrected chi connectivity index (χ1v) is 10.6. The average molecular weight is 383 g/mol. The number of hydrogen-bond donors (Lipinski definition) is 1. The van der Waals surface area contributed by atoms with Gasteiger partial charge in [0.2, 0.25) is 15.9 Å². The van der Waals surface area contributed by atoms with E-state index in [9.17, 15) is 17.6 Å². The molecule has 1 aromatic carbocycles. The second-order valence-electron chi connectivity index (χ2n) is 7.03. The van der Waals surface area contributed by atoms with Crippen LogP contribution in [0.15, 0.2) is 29.2 Å². The van der Waals surface area contributed by atoms with E-state index in [4.69, 9.17) is 5.73 Å². The number of benzene rings is 1. The third-order valence-corrected chi connectivity index (χ3v) is 7.37. The maximum Gasteiger partial charge on any atom is 0.245 e. The molecule has 0 spiro atoms. The quantitative estimate of drug-likeness (QED) is 0.855. The van der Waals surface area contributed by atoms with Crippen LogP contribution in [0.2, 0.25) is 0 Å². The van der Waals surface area contributed by atoms with E-state index < -0.39 is 15.8 Å². The van der Waals surface area contributed by atoms with Crippen molar-refractivity contribution in [2.75, 3.05) is 26.2 Å². The van der Waals surface area contributed by atoms with Crippen molar-refractivity contribution in [3.8, 4) is 0 Å². The van der Waals surface area contributed by atoms with Gasteiger partial charge in [-0.25, -0.2) is 12.8 Å². The third kappa shape index (κ3) is 3.77. The first kappa shape index (κ1) is 19.3. The largest absolute Gasteiger partial charge is 0.338 e. The normalized spacial score (nSPS) is 23.2. The molecule has 2 N–H and O–H groups in total. The van der Waals surface area contributed by atoms with E-state index in [-0.39, 0.29) is 35.9 Å². The standard InChI is InChI=1S/C18H26FN3O3S/c19-16-6-1-2-7-17(16)26(24,25)21-11-8-14(9-12-21)18(23)22-10-4-3-5-15(22)13-20/h1-2,6-7,14-15H,3-5,8-13,20H2. The first-order valence-electron chi connectivity index (χ1n) is 9.20. The molecule has 2 heterocycles. The van der Waals surface area contributed by atoms with Crippen LogP contribution in [0.25, 0.3) is 0 Å². The summed E-state index contributed by atoms with van der Waals surface area (Å²) in [7, 11) is -3.87. The van der Waals surface area contributed by atoms with Crippen molar-refractivity contribution < 1.29 is 17.6 Å². The zero-order chi connectivity index (χ0) is 18.7. The number of piperidine rings is 2. The fourth-order valence-electron chi connectivity index (χ4n) is 3.91. The molecule has 0 aromatic heterocycles. The summed E-state index contributed by atoms with van der Waals surface area (Å²) in [6, 6.07) is 5.49. The Hall–Kier alpha value is -1.51. The Kier molecular flexibility index (Phi) is 5.94. The van der Waals surface area contributed by atoms with Crippen molar-refractivity contribution in [2.45, 2.75) is 43.0 Å². The monoisotopic (exact) mass is 383 g/mol. The Morgan fingerprint density at radius 1 is 1.12 bits per heavy atom. The minimum atomic E-state index is -3.87. The molecule has 1 aromatic rings. The molecule has 3 rings (SSSR count). The molecular formula is C18H26FN3O3S. The number of amides is 1. The number of likely N-dealkylation sites (tertiary alicyclic amines) is 1. The summed E-state index contributed by atoms with van der Waals surface area (Å²) < 4.78 is 40.5. The molecule has 2 fully saturated rings. The molecule has 0 aliphatic carbocycles. The predicted octanol–water partition coefficient (Wildman–Crippen LogP) is 1.57. The van der Waals surface area contributed by atoms with E-state index in [0.717, 1.165) is 31.9 Å². The van der Waals surface area contributed by atoms with Crippen LogP contribution in [0.5, 0.6) is 0 Å². The van der Waals surface area contributed by atoms with Gasteiger partial charge in [0.05, 0.1) is 0 Å². The van der Waals surface area contributed by atoms with Gasteiger partial charge in [0.1, 0.15) is 10.7 Å². The number of hydrogen-bond acceptors (Lipinski definition) is 4. The van der Waals surface area contributed by atoms with Gasteiger partial charge < -0.3 is 10.6 Å². The molecule has 0 radical (unpaired) electrons. The molecule has 0 saturated carbocycles. The van der Waals surface area contributed by atoms with Gasteiger partial charge in [0.25, 0.3) is 0 Å². The minimum absolute atomic E-state index is 0.0862. The lowest BCUT2D eigenvalue weighted by Gasteiger charge is -2.39. The molecule has 8 heteroatoms. The molecule has 26 heavy (non-hydrogen) atoms. The SMILES string of the molecule is NCC1CCCCN1C(=O)C1CCN(S(=O)(=O)c2ccccc2F)CC1. The fraction of sp³-hybridized carbons (Fsp3) is 0.611. The van der Waals surface area contributed by atoms with Crippen LogP contribution < -0.4 is 5.73 Å². The molecule has 1 amide bonds. The maximum atomic E-state index is 13.9. The Balaban J connectivity index is 1.65. The molecular weight excluding hydrogens is 357 g/mol. The summed E-state index contributed by atoms with van der Waals surface area (Å²) in [6.45, 7) is 1.66. The van der Waals surface area contributed by atoms with Crippen molar-refractivity contribution in [1.29, 1.82) is 0 Å². The summed E-state index contributed by atoms with van der Waals surface area (Å²) in [5.41, 5.74) is 5.80. The van der Waals surface area contributed by atoms with Gasteiger partial charge in [0.15, 0.2) is 0 Å². The van der Waals surface area contributed by atoms with Gasteiger partial charge in [-0.05, 0) is 44.2 Å². The number of sulfonamides is 1. The van der Waals surface area contributed by atoms with Gasteiger partial charge in [-0.1, -0.05) is 12.1 Å². The Bertz CT molecular complexity index is 748. The van der Waals surface area contributed by atoms with Crippen LogP contribution in [-0.2, 0) is 14.8 Å². The second-order valence-corrected chi connectivity index (χ2v) is 8.93. The zero-order valence-corrected chi connectivity index (χ0v) is 15.6. The zero-order valence-electron chi connectivity index (χ0n) is 14.8. The van der Waals surface area contributed by atoms with Crippen LogP contribution in [0.1, 0.15) is 32.1 Å². The van der Waals surface area contributed by atoms with E-state index >= 15 is 0 Å². The summed E-state index contributed by atoms with van der Waals surface area (Å²) in [6.07, 6.45) is 3.93. The predicted molar refractivity (Wildman–Crippen MR) is 96.3 cm³/mol. The van der Waals surface area contributed by atoms with Crippen LogP contribution >= 0.6 is 0 Å². The minimum Gasteiger partial charge on any atom is -0.338 e. The summed E-state index contributed by atoms with van der Waals surface area (Å²) in [5.74, 6) is -0.845. The lowest BCUT2D eigenvalue weighted by Crippen LogP contribution is -2.51. The molecule has 2 saturated heterocycles. The van der Waals surface area contributed by atoms with E-state index in [1.807, 2.05) is 4.90 Å². The summed E-state index contributed by atoms with van der Waals surface area (Å²) in [5, 5.41) is 0. The molecule has 6 nitrogen and oxygen atoms in total. The highest BCUT2D eigenvalue weighted by Crippen LogP contribution is 2.28. The number of carbonyl (C=O) groups excluding carboxylic acids is 1. The smallest absolute Gasteiger partial charge is 0.245 e. The molecule has 2 aliphatic rings. The van der Waals surface area contributed by atoms with Gasteiger partial charge in [0, 0.05) is 38.1 Å². The number of nitrogens with two attached hydrogens (primary N) is 1. The van der Waals surface area contributed by atoms with E-state index in [1.165, 1.54) is 22.5 Å². The van der Waals surface area contributed by atoms with Crippen LogP contribution in [0, 0.1) is 11.7 Å². The number of carbonyl (C=O) groups is 1. The van der Waals surface area contributed by atoms with Crippen LogP contribution in [0.4, 0.5) is 4.39 Å². The molecule has 0 bridgehead atoms. The lowest BCUT2D eigenvalue weighted by molar-refractivity contribution is -0.140. The Morgan fingerprint density at radius 3 is 2.46 bits per heavy atom. The van der Waals surface area contributed by atoms with Gasteiger partial charge in [-0.15, -0.1) is 0 Å². The first-order chi connectivity index (χ1) is 12.4. The van der Waals surface area contributed by atoms with Crippen LogP contribution in [-0.4, -0.2) is 55.8 Å². The number of halogens is 1. The second kappa shape index (κ2) is 8.02. The molecule has 2 aliphatic heterocycles. The summed E-state index contributed by atoms with van der Waals surface area (Å²) in [4.78, 5) is 14.4. The Labute approximate surface area is 154 Å². The van der Waals surface area contributed by atoms with Crippen molar-refractivity contribution in [3.63, 3.8) is 0 Å². The average Bonchev–Trinajstić information content (AvgIpc) is 2.67. The molecule has 1 atom stereocenters.